The Balaban J connectivity index is 2.01. The van der Waals surface area contributed by atoms with E-state index in [4.69, 9.17) is 4.74 Å². The normalized spacial score (nSPS) is 11.4. The number of benzene rings is 2. The summed E-state index contributed by atoms with van der Waals surface area (Å²) in [7, 11) is 0. The van der Waals surface area contributed by atoms with Crippen LogP contribution in [0.15, 0.2) is 48.5 Å². The Morgan fingerprint density at radius 1 is 0.786 bits per heavy atom. The molecule has 0 atom stereocenters. The molecule has 7 heteroatoms. The Bertz CT molecular complexity index is 853. The first-order chi connectivity index (χ1) is 13.0. The van der Waals surface area contributed by atoms with Crippen molar-refractivity contribution < 1.29 is 19.1 Å². The summed E-state index contributed by atoms with van der Waals surface area (Å²) < 4.78 is 8.18. The maximum Gasteiger partial charge on any atom is 0.338 e. The number of anilines is 1. The lowest BCUT2D eigenvalue weighted by atomic mass is 10.1. The van der Waals surface area contributed by atoms with Gasteiger partial charge in [0.25, 0.3) is 11.8 Å². The minimum atomic E-state index is -0.577. The standard InChI is InChI=1S/C21H26N2O4S/c1-21(2,3)27-20(26)16-8-6-14(7-9-16)18(24)22-17-12-10-15(11-13-17)19(25)23-28(4)5/h6-13,28H,1-5H3,(H,22,24)(H,23,25). The molecule has 2 aromatic carbocycles. The molecule has 0 unspecified atom stereocenters. The van der Waals surface area contributed by atoms with Crippen LogP contribution in [0.3, 0.4) is 0 Å². The minimum Gasteiger partial charge on any atom is -0.456 e. The molecule has 0 radical (unpaired) electrons. The molecule has 0 aliphatic carbocycles. The summed E-state index contributed by atoms with van der Waals surface area (Å²) in [4.78, 5) is 36.4. The highest BCUT2D eigenvalue weighted by molar-refractivity contribution is 8.14. The van der Waals surface area contributed by atoms with E-state index in [0.717, 1.165) is 0 Å². The quantitative estimate of drug-likeness (QED) is 0.525. The maximum absolute atomic E-state index is 12.4. The van der Waals surface area contributed by atoms with Gasteiger partial charge in [-0.05, 0) is 81.8 Å². The molecule has 0 saturated carbocycles. The van der Waals surface area contributed by atoms with E-state index in [2.05, 4.69) is 10.0 Å². The average molecular weight is 403 g/mol. The molecule has 0 spiro atoms. The van der Waals surface area contributed by atoms with Gasteiger partial charge in [-0.2, -0.15) is 11.1 Å². The molecule has 0 aliphatic heterocycles. The van der Waals surface area contributed by atoms with Crippen LogP contribution in [-0.2, 0) is 4.74 Å². The molecular formula is C21H26N2O4S. The Morgan fingerprint density at radius 3 is 1.75 bits per heavy atom. The number of nitrogens with one attached hydrogen (secondary N) is 2. The van der Waals surface area contributed by atoms with Gasteiger partial charge in [0, 0.05) is 16.8 Å². The molecule has 2 aromatic rings. The highest BCUT2D eigenvalue weighted by Gasteiger charge is 2.18. The van der Waals surface area contributed by atoms with Crippen LogP contribution in [0.1, 0.15) is 51.8 Å². The number of rotatable bonds is 5. The molecule has 2 N–H and O–H groups in total. The monoisotopic (exact) mass is 402 g/mol. The predicted molar refractivity (Wildman–Crippen MR) is 114 cm³/mol. The fraction of sp³-hybridized carbons (Fsp3) is 0.286. The number of ether oxygens (including phenoxy) is 1. The molecular weight excluding hydrogens is 376 g/mol. The van der Waals surface area contributed by atoms with Crippen LogP contribution >= 0.6 is 11.1 Å². The van der Waals surface area contributed by atoms with Crippen molar-refractivity contribution in [3.8, 4) is 0 Å². The lowest BCUT2D eigenvalue weighted by Gasteiger charge is -2.19. The van der Waals surface area contributed by atoms with Gasteiger partial charge in [-0.25, -0.2) is 4.79 Å². The highest BCUT2D eigenvalue weighted by Crippen LogP contribution is 2.16. The first kappa shape index (κ1) is 21.5. The second kappa shape index (κ2) is 8.93. The van der Waals surface area contributed by atoms with Gasteiger partial charge in [-0.15, -0.1) is 0 Å². The predicted octanol–water partition coefficient (Wildman–Crippen LogP) is 3.80. The van der Waals surface area contributed by atoms with Crippen molar-refractivity contribution in [3.05, 3.63) is 65.2 Å². The molecule has 0 bridgehead atoms. The smallest absolute Gasteiger partial charge is 0.338 e. The Hall–Kier alpha value is -2.80. The topological polar surface area (TPSA) is 84.5 Å². The number of esters is 1. The third-order valence-electron chi connectivity index (χ3n) is 3.51. The zero-order valence-electron chi connectivity index (χ0n) is 16.7. The number of hydrogen-bond acceptors (Lipinski definition) is 4. The molecule has 0 aromatic heterocycles. The molecule has 2 amide bonds. The summed E-state index contributed by atoms with van der Waals surface area (Å²) >= 11 is -0.533. The van der Waals surface area contributed by atoms with Gasteiger partial charge in [0.1, 0.15) is 5.60 Å². The first-order valence-corrected chi connectivity index (χ1v) is 11.0. The van der Waals surface area contributed by atoms with Gasteiger partial charge in [0.15, 0.2) is 0 Å². The SMILES string of the molecule is C[SH](C)NC(=O)c1ccc(NC(=O)c2ccc(C(=O)OC(C)(C)C)cc2)cc1. The first-order valence-electron chi connectivity index (χ1n) is 8.78. The third kappa shape index (κ3) is 6.42. The van der Waals surface area contributed by atoms with E-state index in [1.807, 2.05) is 12.5 Å². The molecule has 0 fully saturated rings. The lowest BCUT2D eigenvalue weighted by molar-refractivity contribution is 0.00692. The van der Waals surface area contributed by atoms with Crippen molar-refractivity contribution in [1.29, 1.82) is 0 Å². The van der Waals surface area contributed by atoms with Crippen LogP contribution in [0.2, 0.25) is 0 Å². The van der Waals surface area contributed by atoms with Crippen LogP contribution in [0, 0.1) is 0 Å². The molecule has 6 nitrogen and oxygen atoms in total. The van der Waals surface area contributed by atoms with Gasteiger partial charge < -0.3 is 14.8 Å². The second-order valence-electron chi connectivity index (χ2n) is 7.45. The van der Waals surface area contributed by atoms with E-state index in [1.165, 1.54) is 0 Å². The Kier molecular flexibility index (Phi) is 6.85. The van der Waals surface area contributed by atoms with Gasteiger partial charge in [0.05, 0.1) is 5.56 Å². The molecule has 0 heterocycles. The Morgan fingerprint density at radius 2 is 1.25 bits per heavy atom. The second-order valence-corrected chi connectivity index (χ2v) is 9.46. The van der Waals surface area contributed by atoms with E-state index in [1.54, 1.807) is 69.3 Å². The van der Waals surface area contributed by atoms with Crippen molar-refractivity contribution in [2.75, 3.05) is 17.8 Å². The van der Waals surface area contributed by atoms with E-state index in [-0.39, 0.29) is 11.8 Å². The zero-order valence-corrected chi connectivity index (χ0v) is 17.6. The summed E-state index contributed by atoms with van der Waals surface area (Å²) in [5.74, 6) is -0.874. The van der Waals surface area contributed by atoms with Gasteiger partial charge in [-0.1, -0.05) is 0 Å². The van der Waals surface area contributed by atoms with Crippen LogP contribution in [0.4, 0.5) is 5.69 Å². The highest BCUT2D eigenvalue weighted by atomic mass is 32.2. The summed E-state index contributed by atoms with van der Waals surface area (Å²) in [6.45, 7) is 5.39. The minimum absolute atomic E-state index is 0.133. The summed E-state index contributed by atoms with van der Waals surface area (Å²) in [6.07, 6.45) is 3.91. The van der Waals surface area contributed by atoms with Gasteiger partial charge in [-0.3, -0.25) is 9.59 Å². The fourth-order valence-corrected chi connectivity index (χ4v) is 2.81. The van der Waals surface area contributed by atoms with Crippen LogP contribution in [-0.4, -0.2) is 35.9 Å². The number of carbonyl (C=O) groups is 3. The number of carbonyl (C=O) groups excluding carboxylic acids is 3. The number of hydrogen-bond donors (Lipinski definition) is 3. The van der Waals surface area contributed by atoms with E-state index >= 15 is 0 Å². The largest absolute Gasteiger partial charge is 0.456 e. The number of amides is 2. The van der Waals surface area contributed by atoms with E-state index in [9.17, 15) is 14.4 Å². The van der Waals surface area contributed by atoms with E-state index < -0.39 is 22.7 Å². The summed E-state index contributed by atoms with van der Waals surface area (Å²) in [6, 6.07) is 12.9. The zero-order chi connectivity index (χ0) is 20.9. The van der Waals surface area contributed by atoms with Crippen molar-refractivity contribution in [2.24, 2.45) is 0 Å². The van der Waals surface area contributed by atoms with Crippen LogP contribution < -0.4 is 10.0 Å². The molecule has 150 valence electrons. The van der Waals surface area contributed by atoms with Crippen molar-refractivity contribution in [2.45, 2.75) is 26.4 Å². The van der Waals surface area contributed by atoms with Crippen LogP contribution in [0.25, 0.3) is 0 Å². The summed E-state index contributed by atoms with van der Waals surface area (Å²) in [5, 5.41) is 2.77. The Labute approximate surface area is 168 Å². The van der Waals surface area contributed by atoms with Crippen molar-refractivity contribution in [1.82, 2.24) is 4.72 Å². The number of thiol groups is 1. The summed E-state index contributed by atoms with van der Waals surface area (Å²) in [5.41, 5.74) is 1.33. The molecule has 0 aliphatic rings. The van der Waals surface area contributed by atoms with Crippen molar-refractivity contribution in [3.63, 3.8) is 0 Å². The average Bonchev–Trinajstić information content (AvgIpc) is 2.60. The molecule has 28 heavy (non-hydrogen) atoms. The van der Waals surface area contributed by atoms with Crippen LogP contribution in [0.5, 0.6) is 0 Å². The van der Waals surface area contributed by atoms with Gasteiger partial charge >= 0.3 is 5.97 Å². The third-order valence-corrected chi connectivity index (χ3v) is 4.16. The van der Waals surface area contributed by atoms with Crippen molar-refractivity contribution >= 4 is 34.6 Å². The molecule has 0 saturated heterocycles. The molecule has 2 rings (SSSR count). The van der Waals surface area contributed by atoms with E-state index in [0.29, 0.717) is 22.4 Å². The van der Waals surface area contributed by atoms with Gasteiger partial charge in [0.2, 0.25) is 0 Å². The maximum atomic E-state index is 12.4. The fourth-order valence-electron chi connectivity index (χ4n) is 2.27. The lowest BCUT2D eigenvalue weighted by Crippen LogP contribution is -2.24.